The van der Waals surface area contributed by atoms with Crippen molar-refractivity contribution in [2.45, 2.75) is 42.8 Å². The van der Waals surface area contributed by atoms with Gasteiger partial charge in [0.05, 0.1) is 15.8 Å². The van der Waals surface area contributed by atoms with Crippen LogP contribution >= 0.6 is 0 Å². The number of nitrogens with one attached hydrogen (secondary N) is 1. The first kappa shape index (κ1) is 21.4. The van der Waals surface area contributed by atoms with Crippen molar-refractivity contribution >= 4 is 33.0 Å². The van der Waals surface area contributed by atoms with Crippen LogP contribution in [0.2, 0.25) is 0 Å². The Bertz CT molecular complexity index is 1160. The van der Waals surface area contributed by atoms with Crippen LogP contribution in [0.25, 0.3) is 0 Å². The number of amides is 2. The smallest absolute Gasteiger partial charge is 0.230 e. The van der Waals surface area contributed by atoms with E-state index in [0.29, 0.717) is 13.0 Å². The molecule has 2 aromatic carbocycles. The number of rotatable bonds is 6. The Labute approximate surface area is 179 Å². The van der Waals surface area contributed by atoms with Crippen LogP contribution in [0.4, 0.5) is 20.2 Å². The van der Waals surface area contributed by atoms with E-state index in [2.05, 4.69) is 5.32 Å². The molecule has 31 heavy (non-hydrogen) atoms. The monoisotopic (exact) mass is 448 g/mol. The molecule has 1 fully saturated rings. The van der Waals surface area contributed by atoms with Crippen molar-refractivity contribution in [3.05, 3.63) is 53.6 Å². The Morgan fingerprint density at radius 3 is 2.61 bits per heavy atom. The van der Waals surface area contributed by atoms with Gasteiger partial charge in [0.15, 0.2) is 9.84 Å². The molecule has 1 saturated carbocycles. The first-order chi connectivity index (χ1) is 14.7. The number of halogens is 2. The van der Waals surface area contributed by atoms with Gasteiger partial charge >= 0.3 is 0 Å². The van der Waals surface area contributed by atoms with Crippen LogP contribution < -0.4 is 10.2 Å². The van der Waals surface area contributed by atoms with Crippen molar-refractivity contribution in [3.8, 4) is 0 Å². The second kappa shape index (κ2) is 8.03. The van der Waals surface area contributed by atoms with Gasteiger partial charge in [-0.3, -0.25) is 9.59 Å². The second-order valence-corrected chi connectivity index (χ2v) is 10.4. The van der Waals surface area contributed by atoms with Gasteiger partial charge in [-0.1, -0.05) is 0 Å². The molecule has 1 atom stereocenters. The average Bonchev–Trinajstić information content (AvgIpc) is 3.49. The maximum atomic E-state index is 13.7. The zero-order valence-electron chi connectivity index (χ0n) is 16.9. The van der Waals surface area contributed by atoms with E-state index in [1.54, 1.807) is 17.0 Å². The summed E-state index contributed by atoms with van der Waals surface area (Å²) >= 11 is 0. The Hall–Kier alpha value is -2.81. The quantitative estimate of drug-likeness (QED) is 0.734. The highest BCUT2D eigenvalue weighted by Gasteiger charge is 2.37. The molecule has 2 aliphatic rings. The van der Waals surface area contributed by atoms with Crippen molar-refractivity contribution in [1.29, 1.82) is 0 Å². The summed E-state index contributed by atoms with van der Waals surface area (Å²) in [6, 6.07) is 7.29. The normalized spacial score (nSPS) is 16.7. The van der Waals surface area contributed by atoms with Gasteiger partial charge in [0.2, 0.25) is 11.8 Å². The first-order valence-electron chi connectivity index (χ1n) is 10.1. The molecular formula is C22H22F2N2O4S. The summed E-state index contributed by atoms with van der Waals surface area (Å²) in [6.45, 7) is 1.93. The van der Waals surface area contributed by atoms with Crippen molar-refractivity contribution in [1.82, 2.24) is 0 Å². The number of carbonyl (C=O) groups is 2. The van der Waals surface area contributed by atoms with E-state index < -0.39 is 39.0 Å². The minimum Gasteiger partial charge on any atom is -0.323 e. The van der Waals surface area contributed by atoms with Gasteiger partial charge in [-0.05, 0) is 62.1 Å². The summed E-state index contributed by atoms with van der Waals surface area (Å²) < 4.78 is 52.9. The number of anilines is 2. The van der Waals surface area contributed by atoms with Crippen LogP contribution in [0.1, 0.15) is 31.7 Å². The van der Waals surface area contributed by atoms with Gasteiger partial charge in [-0.2, -0.15) is 0 Å². The molecular weight excluding hydrogens is 426 g/mol. The lowest BCUT2D eigenvalue weighted by Crippen LogP contribution is -2.30. The molecule has 1 N–H and O–H groups in total. The Balaban J connectivity index is 1.47. The van der Waals surface area contributed by atoms with Crippen LogP contribution in [0, 0.1) is 17.6 Å². The van der Waals surface area contributed by atoms with Gasteiger partial charge < -0.3 is 10.2 Å². The molecule has 2 aromatic rings. The number of fused-ring (bicyclic) bond motifs is 1. The van der Waals surface area contributed by atoms with E-state index in [4.69, 9.17) is 0 Å². The first-order valence-corrected chi connectivity index (χ1v) is 11.6. The molecule has 1 aliphatic heterocycles. The zero-order valence-corrected chi connectivity index (χ0v) is 17.7. The molecule has 1 unspecified atom stereocenters. The molecule has 0 spiro atoms. The summed E-state index contributed by atoms with van der Waals surface area (Å²) in [4.78, 5) is 26.4. The predicted octanol–water partition coefficient (Wildman–Crippen LogP) is 3.45. The van der Waals surface area contributed by atoms with E-state index in [1.807, 2.05) is 0 Å². The fourth-order valence-corrected chi connectivity index (χ4v) is 5.13. The topological polar surface area (TPSA) is 83.6 Å². The van der Waals surface area contributed by atoms with Gasteiger partial charge in [0, 0.05) is 30.6 Å². The molecule has 2 amide bonds. The maximum Gasteiger partial charge on any atom is 0.230 e. The maximum absolute atomic E-state index is 13.7. The minimum absolute atomic E-state index is 0.0733. The Morgan fingerprint density at radius 1 is 1.16 bits per heavy atom. The summed E-state index contributed by atoms with van der Waals surface area (Å²) in [5.41, 5.74) is 1.18. The largest absolute Gasteiger partial charge is 0.323 e. The number of benzene rings is 2. The molecule has 4 rings (SSSR count). The molecule has 0 bridgehead atoms. The van der Waals surface area contributed by atoms with E-state index in [1.165, 1.54) is 13.0 Å². The lowest BCUT2D eigenvalue weighted by atomic mass is 10.2. The van der Waals surface area contributed by atoms with Crippen molar-refractivity contribution in [2.75, 3.05) is 16.8 Å². The van der Waals surface area contributed by atoms with Crippen LogP contribution in [-0.2, 0) is 25.8 Å². The Kier molecular flexibility index (Phi) is 5.55. The SMILES string of the molecule is CC(CC(=O)Nc1cc(F)ccc1F)S(=O)(=O)c1ccc2c(c1)CCN2C(=O)C1CC1. The van der Waals surface area contributed by atoms with E-state index >= 15 is 0 Å². The third-order valence-corrected chi connectivity index (χ3v) is 7.81. The van der Waals surface area contributed by atoms with E-state index in [9.17, 15) is 26.8 Å². The van der Waals surface area contributed by atoms with Crippen LogP contribution in [0.15, 0.2) is 41.3 Å². The third-order valence-electron chi connectivity index (χ3n) is 5.67. The lowest BCUT2D eigenvalue weighted by molar-refractivity contribution is -0.119. The average molecular weight is 448 g/mol. The van der Waals surface area contributed by atoms with Gasteiger partial charge in [-0.15, -0.1) is 0 Å². The van der Waals surface area contributed by atoms with Crippen LogP contribution in [-0.4, -0.2) is 32.0 Å². The number of carbonyl (C=O) groups excluding carboxylic acids is 2. The second-order valence-electron chi connectivity index (χ2n) is 8.04. The molecule has 0 aromatic heterocycles. The Morgan fingerprint density at radius 2 is 1.90 bits per heavy atom. The molecule has 164 valence electrons. The summed E-state index contributed by atoms with van der Waals surface area (Å²) in [5, 5.41) is 1.14. The number of hydrogen-bond acceptors (Lipinski definition) is 4. The lowest BCUT2D eigenvalue weighted by Gasteiger charge is -2.18. The summed E-state index contributed by atoms with van der Waals surface area (Å²) in [5.74, 6) is -2.10. The van der Waals surface area contributed by atoms with Gasteiger partial charge in [-0.25, -0.2) is 17.2 Å². The molecule has 9 heteroatoms. The summed E-state index contributed by atoms with van der Waals surface area (Å²) in [7, 11) is -3.84. The number of sulfone groups is 1. The van der Waals surface area contributed by atoms with Gasteiger partial charge in [0.25, 0.3) is 0 Å². The molecule has 0 radical (unpaired) electrons. The molecule has 1 heterocycles. The molecule has 6 nitrogen and oxygen atoms in total. The van der Waals surface area contributed by atoms with E-state index in [-0.39, 0.29) is 22.4 Å². The number of hydrogen-bond donors (Lipinski definition) is 1. The van der Waals surface area contributed by atoms with Crippen LogP contribution in [0.5, 0.6) is 0 Å². The molecule has 0 saturated heterocycles. The fraction of sp³-hybridized carbons (Fsp3) is 0.364. The van der Waals surface area contributed by atoms with Crippen molar-refractivity contribution in [2.24, 2.45) is 5.92 Å². The molecule has 1 aliphatic carbocycles. The predicted molar refractivity (Wildman–Crippen MR) is 111 cm³/mol. The van der Waals surface area contributed by atoms with Gasteiger partial charge in [0.1, 0.15) is 11.6 Å². The minimum atomic E-state index is -3.84. The van der Waals surface area contributed by atoms with E-state index in [0.717, 1.165) is 42.3 Å². The van der Waals surface area contributed by atoms with Crippen molar-refractivity contribution in [3.63, 3.8) is 0 Å². The number of nitrogens with zero attached hydrogens (tertiary/aromatic N) is 1. The third kappa shape index (κ3) is 4.32. The highest BCUT2D eigenvalue weighted by Crippen LogP contribution is 2.37. The highest BCUT2D eigenvalue weighted by atomic mass is 32.2. The standard InChI is InChI=1S/C22H22F2N2O4S/c1-13(10-21(27)25-19-12-16(23)4-6-18(19)24)31(29,30)17-5-7-20-15(11-17)8-9-26(20)22(28)14-2-3-14/h4-7,11-14H,2-3,8-10H2,1H3,(H,25,27). The summed E-state index contributed by atoms with van der Waals surface area (Å²) in [6.07, 6.45) is 1.96. The van der Waals surface area contributed by atoms with Crippen molar-refractivity contribution < 1.29 is 26.8 Å². The highest BCUT2D eigenvalue weighted by molar-refractivity contribution is 7.92. The fourth-order valence-electron chi connectivity index (χ4n) is 3.73. The van der Waals surface area contributed by atoms with Crippen LogP contribution in [0.3, 0.4) is 0 Å². The zero-order chi connectivity index (χ0) is 22.3.